The van der Waals surface area contributed by atoms with Crippen LogP contribution in [0.25, 0.3) is 0 Å². The number of carbonyl (C=O) groups excluding carboxylic acids is 2. The molecule has 1 N–H and O–H groups in total. The van der Waals surface area contributed by atoms with Crippen molar-refractivity contribution in [3.05, 3.63) is 77.2 Å². The van der Waals surface area contributed by atoms with Gasteiger partial charge in [0.05, 0.1) is 24.1 Å². The highest BCUT2D eigenvalue weighted by Crippen LogP contribution is 2.30. The molecule has 3 aromatic rings. The SMILES string of the molecule is COc1ccc(C(=O)Nc2ccc(N3CCN(C(=O)c4ccco4)CC3)c(Cl)c2)cc1. The average molecular weight is 440 g/mol. The van der Waals surface area contributed by atoms with E-state index >= 15 is 0 Å². The summed E-state index contributed by atoms with van der Waals surface area (Å²) in [5.74, 6) is 0.710. The van der Waals surface area contributed by atoms with E-state index in [-0.39, 0.29) is 11.8 Å². The summed E-state index contributed by atoms with van der Waals surface area (Å²) in [5, 5.41) is 3.40. The number of hydrogen-bond acceptors (Lipinski definition) is 5. The Hall–Kier alpha value is -3.45. The van der Waals surface area contributed by atoms with Crippen LogP contribution in [0, 0.1) is 0 Å². The number of halogens is 1. The number of nitrogens with zero attached hydrogens (tertiary/aromatic N) is 2. The van der Waals surface area contributed by atoms with Crippen molar-refractivity contribution < 1.29 is 18.7 Å². The number of ether oxygens (including phenoxy) is 1. The van der Waals surface area contributed by atoms with Crippen LogP contribution in [0.3, 0.4) is 0 Å². The standard InChI is InChI=1S/C23H22ClN3O4/c1-30-18-7-4-16(5-8-18)22(28)25-17-6-9-20(19(24)15-17)26-10-12-27(13-11-26)23(29)21-3-2-14-31-21/h2-9,14-15H,10-13H2,1H3,(H,25,28). The lowest BCUT2D eigenvalue weighted by atomic mass is 10.2. The van der Waals surface area contributed by atoms with Crippen LogP contribution in [-0.4, -0.2) is 50.0 Å². The van der Waals surface area contributed by atoms with Crippen molar-refractivity contribution in [1.29, 1.82) is 0 Å². The van der Waals surface area contributed by atoms with E-state index in [1.165, 1.54) is 6.26 Å². The Morgan fingerprint density at radius 2 is 1.77 bits per heavy atom. The van der Waals surface area contributed by atoms with Crippen LogP contribution >= 0.6 is 11.6 Å². The fourth-order valence-corrected chi connectivity index (χ4v) is 3.79. The van der Waals surface area contributed by atoms with E-state index in [1.807, 2.05) is 12.1 Å². The lowest BCUT2D eigenvalue weighted by Crippen LogP contribution is -2.48. The Morgan fingerprint density at radius 1 is 1.03 bits per heavy atom. The van der Waals surface area contributed by atoms with E-state index in [9.17, 15) is 9.59 Å². The fraction of sp³-hybridized carbons (Fsp3) is 0.217. The Labute approximate surface area is 185 Å². The lowest BCUT2D eigenvalue weighted by molar-refractivity contribution is 0.0714. The topological polar surface area (TPSA) is 75.0 Å². The molecule has 31 heavy (non-hydrogen) atoms. The first-order chi connectivity index (χ1) is 15.0. The minimum absolute atomic E-state index is 0.104. The molecule has 1 aliphatic rings. The maximum atomic E-state index is 12.5. The molecular weight excluding hydrogens is 418 g/mol. The summed E-state index contributed by atoms with van der Waals surface area (Å²) >= 11 is 6.51. The Morgan fingerprint density at radius 3 is 2.39 bits per heavy atom. The van der Waals surface area contributed by atoms with E-state index in [4.69, 9.17) is 20.8 Å². The summed E-state index contributed by atoms with van der Waals surface area (Å²) in [6, 6.07) is 15.7. The molecule has 0 bridgehead atoms. The molecule has 4 rings (SSSR count). The molecule has 0 spiro atoms. The summed E-state index contributed by atoms with van der Waals surface area (Å²) in [5.41, 5.74) is 2.01. The van der Waals surface area contributed by atoms with Gasteiger partial charge in [0.15, 0.2) is 5.76 Å². The molecular formula is C23H22ClN3O4. The largest absolute Gasteiger partial charge is 0.497 e. The number of nitrogens with one attached hydrogen (secondary N) is 1. The van der Waals surface area contributed by atoms with Crippen molar-refractivity contribution in [2.75, 3.05) is 43.5 Å². The fourth-order valence-electron chi connectivity index (χ4n) is 3.49. The predicted octanol–water partition coefficient (Wildman–Crippen LogP) is 4.16. The van der Waals surface area contributed by atoms with E-state index in [2.05, 4.69) is 10.2 Å². The summed E-state index contributed by atoms with van der Waals surface area (Å²) in [6.45, 7) is 2.46. The van der Waals surface area contributed by atoms with E-state index in [0.717, 1.165) is 5.69 Å². The summed E-state index contributed by atoms with van der Waals surface area (Å²) in [7, 11) is 1.58. The van der Waals surface area contributed by atoms with Crippen molar-refractivity contribution in [1.82, 2.24) is 4.90 Å². The third kappa shape index (κ3) is 4.67. The quantitative estimate of drug-likeness (QED) is 0.646. The number of rotatable bonds is 5. The van der Waals surface area contributed by atoms with E-state index in [1.54, 1.807) is 54.5 Å². The number of hydrogen-bond donors (Lipinski definition) is 1. The third-order valence-corrected chi connectivity index (χ3v) is 5.50. The van der Waals surface area contributed by atoms with Gasteiger partial charge in [-0.15, -0.1) is 0 Å². The van der Waals surface area contributed by atoms with Gasteiger partial charge in [0.1, 0.15) is 5.75 Å². The van der Waals surface area contributed by atoms with Gasteiger partial charge in [-0.1, -0.05) is 11.6 Å². The van der Waals surface area contributed by atoms with Crippen molar-refractivity contribution in [2.45, 2.75) is 0 Å². The zero-order valence-electron chi connectivity index (χ0n) is 17.0. The first-order valence-electron chi connectivity index (χ1n) is 9.88. The minimum Gasteiger partial charge on any atom is -0.497 e. The third-order valence-electron chi connectivity index (χ3n) is 5.20. The highest BCUT2D eigenvalue weighted by atomic mass is 35.5. The monoisotopic (exact) mass is 439 g/mol. The van der Waals surface area contributed by atoms with Gasteiger partial charge in [-0.25, -0.2) is 0 Å². The van der Waals surface area contributed by atoms with Crippen LogP contribution < -0.4 is 15.0 Å². The number of benzene rings is 2. The van der Waals surface area contributed by atoms with Gasteiger partial charge in [-0.05, 0) is 54.6 Å². The zero-order valence-corrected chi connectivity index (χ0v) is 17.8. The van der Waals surface area contributed by atoms with Crippen LogP contribution in [0.1, 0.15) is 20.9 Å². The predicted molar refractivity (Wildman–Crippen MR) is 119 cm³/mol. The van der Waals surface area contributed by atoms with Gasteiger partial charge in [0.25, 0.3) is 11.8 Å². The highest BCUT2D eigenvalue weighted by molar-refractivity contribution is 6.33. The molecule has 2 heterocycles. The number of carbonyl (C=O) groups is 2. The molecule has 7 nitrogen and oxygen atoms in total. The summed E-state index contributed by atoms with van der Waals surface area (Å²) in [6.07, 6.45) is 1.50. The Kier molecular flexibility index (Phi) is 6.13. The van der Waals surface area contributed by atoms with Crippen LogP contribution in [0.5, 0.6) is 5.75 Å². The van der Waals surface area contributed by atoms with Gasteiger partial charge >= 0.3 is 0 Å². The first kappa shape index (κ1) is 20.8. The molecule has 1 fully saturated rings. The average Bonchev–Trinajstić information content (AvgIpc) is 3.34. The number of anilines is 2. The molecule has 0 atom stereocenters. The molecule has 0 saturated carbocycles. The number of furan rings is 1. The molecule has 1 aliphatic heterocycles. The number of methoxy groups -OCH3 is 1. The molecule has 0 radical (unpaired) electrons. The maximum absolute atomic E-state index is 12.5. The molecule has 0 unspecified atom stereocenters. The molecule has 2 aromatic carbocycles. The smallest absolute Gasteiger partial charge is 0.289 e. The van der Waals surface area contributed by atoms with Gasteiger partial charge in [-0.3, -0.25) is 9.59 Å². The van der Waals surface area contributed by atoms with Crippen LogP contribution in [0.2, 0.25) is 5.02 Å². The van der Waals surface area contributed by atoms with E-state index in [0.29, 0.717) is 54.0 Å². The molecule has 1 aromatic heterocycles. The molecule has 160 valence electrons. The van der Waals surface area contributed by atoms with Gasteiger partial charge in [-0.2, -0.15) is 0 Å². The van der Waals surface area contributed by atoms with Crippen LogP contribution in [0.4, 0.5) is 11.4 Å². The Bertz CT molecular complexity index is 1060. The summed E-state index contributed by atoms with van der Waals surface area (Å²) < 4.78 is 10.3. The first-order valence-corrected chi connectivity index (χ1v) is 10.3. The van der Waals surface area contributed by atoms with Crippen molar-refractivity contribution in [2.24, 2.45) is 0 Å². The molecule has 0 aliphatic carbocycles. The van der Waals surface area contributed by atoms with Crippen molar-refractivity contribution in [3.8, 4) is 5.75 Å². The lowest BCUT2D eigenvalue weighted by Gasteiger charge is -2.36. The zero-order chi connectivity index (χ0) is 21.8. The second-order valence-electron chi connectivity index (χ2n) is 7.11. The molecule has 8 heteroatoms. The Balaban J connectivity index is 1.37. The van der Waals surface area contributed by atoms with Gasteiger partial charge in [0.2, 0.25) is 0 Å². The number of amides is 2. The summed E-state index contributed by atoms with van der Waals surface area (Å²) in [4.78, 5) is 28.8. The van der Waals surface area contributed by atoms with E-state index < -0.39 is 0 Å². The molecule has 2 amide bonds. The normalized spacial score (nSPS) is 13.7. The number of piperazine rings is 1. The minimum atomic E-state index is -0.225. The van der Waals surface area contributed by atoms with Crippen LogP contribution in [0.15, 0.2) is 65.3 Å². The van der Waals surface area contributed by atoms with Gasteiger partial charge in [0, 0.05) is 37.4 Å². The van der Waals surface area contributed by atoms with Gasteiger partial charge < -0.3 is 24.3 Å². The van der Waals surface area contributed by atoms with Crippen molar-refractivity contribution in [3.63, 3.8) is 0 Å². The maximum Gasteiger partial charge on any atom is 0.289 e. The van der Waals surface area contributed by atoms with Crippen LogP contribution in [-0.2, 0) is 0 Å². The highest BCUT2D eigenvalue weighted by Gasteiger charge is 2.24. The molecule has 1 saturated heterocycles. The second kappa shape index (κ2) is 9.14. The second-order valence-corrected chi connectivity index (χ2v) is 7.51. The van der Waals surface area contributed by atoms with Crippen molar-refractivity contribution >= 4 is 34.8 Å².